The van der Waals surface area contributed by atoms with Gasteiger partial charge in [0.05, 0.1) is 0 Å². The first-order valence-electron chi connectivity index (χ1n) is 5.67. The summed E-state index contributed by atoms with van der Waals surface area (Å²) >= 11 is 0. The highest BCUT2D eigenvalue weighted by molar-refractivity contribution is 5.92. The summed E-state index contributed by atoms with van der Waals surface area (Å²) in [7, 11) is 0. The molecule has 0 fully saturated rings. The molecule has 0 aliphatic heterocycles. The number of nitrogen functional groups attached to an aromatic ring is 1. The van der Waals surface area contributed by atoms with Crippen LogP contribution in [0.2, 0.25) is 0 Å². The molecule has 0 atom stereocenters. The molecular formula is C12H15F3N2O2. The number of rotatable bonds is 6. The van der Waals surface area contributed by atoms with E-state index in [1.807, 2.05) is 0 Å². The van der Waals surface area contributed by atoms with Crippen LogP contribution in [0.1, 0.15) is 12.8 Å². The monoisotopic (exact) mass is 276 g/mol. The van der Waals surface area contributed by atoms with Gasteiger partial charge in [0.25, 0.3) is 0 Å². The van der Waals surface area contributed by atoms with Crippen molar-refractivity contribution in [2.45, 2.75) is 19.0 Å². The first-order valence-corrected chi connectivity index (χ1v) is 5.67. The van der Waals surface area contributed by atoms with Crippen LogP contribution in [0, 0.1) is 0 Å². The van der Waals surface area contributed by atoms with Crippen LogP contribution in [0.25, 0.3) is 0 Å². The maximum absolute atomic E-state index is 11.8. The first kappa shape index (κ1) is 15.3. The second-order valence-electron chi connectivity index (χ2n) is 3.94. The summed E-state index contributed by atoms with van der Waals surface area (Å²) in [5, 5.41) is 2.52. The Labute approximate surface area is 108 Å². The van der Waals surface area contributed by atoms with Crippen molar-refractivity contribution in [3.05, 3.63) is 24.3 Å². The van der Waals surface area contributed by atoms with Crippen LogP contribution in [-0.4, -0.2) is 25.3 Å². The van der Waals surface area contributed by atoms with Gasteiger partial charge in [-0.15, -0.1) is 0 Å². The van der Waals surface area contributed by atoms with E-state index < -0.39 is 18.5 Å². The largest absolute Gasteiger partial charge is 0.399 e. The van der Waals surface area contributed by atoms with Gasteiger partial charge in [0.15, 0.2) is 0 Å². The zero-order valence-corrected chi connectivity index (χ0v) is 10.2. The van der Waals surface area contributed by atoms with Crippen molar-refractivity contribution in [3.63, 3.8) is 0 Å². The number of carbonyl (C=O) groups is 1. The van der Waals surface area contributed by atoms with E-state index in [0.29, 0.717) is 11.4 Å². The molecule has 0 saturated heterocycles. The van der Waals surface area contributed by atoms with E-state index in [2.05, 4.69) is 5.32 Å². The van der Waals surface area contributed by atoms with Crippen molar-refractivity contribution < 1.29 is 22.7 Å². The molecule has 0 aromatic heterocycles. The molecule has 3 N–H and O–H groups in total. The van der Waals surface area contributed by atoms with Crippen LogP contribution in [0.5, 0.6) is 0 Å². The third kappa shape index (κ3) is 7.30. The standard InChI is InChI=1S/C12H15F3N2O2/c13-12(14,15)5-2-6-19-8-11(18)17-10-4-1-3-9(16)7-10/h1,3-4,7H,2,5-6,8,16H2,(H,17,18). The fourth-order valence-corrected chi connectivity index (χ4v) is 1.35. The number of carbonyl (C=O) groups excluding carboxylic acids is 1. The van der Waals surface area contributed by atoms with Crippen molar-refractivity contribution in [1.29, 1.82) is 0 Å². The van der Waals surface area contributed by atoms with Gasteiger partial charge in [-0.2, -0.15) is 13.2 Å². The Hall–Kier alpha value is -1.76. The zero-order chi connectivity index (χ0) is 14.3. The molecule has 0 radical (unpaired) electrons. The molecule has 7 heteroatoms. The van der Waals surface area contributed by atoms with E-state index in [1.165, 1.54) is 0 Å². The third-order valence-electron chi connectivity index (χ3n) is 2.15. The summed E-state index contributed by atoms with van der Waals surface area (Å²) < 4.78 is 40.3. The van der Waals surface area contributed by atoms with Crippen molar-refractivity contribution in [2.24, 2.45) is 0 Å². The molecule has 0 heterocycles. The highest BCUT2D eigenvalue weighted by Gasteiger charge is 2.25. The highest BCUT2D eigenvalue weighted by atomic mass is 19.4. The molecule has 0 aliphatic rings. The van der Waals surface area contributed by atoms with Gasteiger partial charge in [-0.3, -0.25) is 4.79 Å². The molecule has 106 valence electrons. The average Bonchev–Trinajstić information content (AvgIpc) is 2.26. The molecule has 1 rings (SSSR count). The van der Waals surface area contributed by atoms with E-state index in [0.717, 1.165) is 0 Å². The maximum atomic E-state index is 11.8. The van der Waals surface area contributed by atoms with Gasteiger partial charge in [-0.05, 0) is 24.6 Å². The number of nitrogens with one attached hydrogen (secondary N) is 1. The van der Waals surface area contributed by atoms with Crippen molar-refractivity contribution in [1.82, 2.24) is 0 Å². The number of alkyl halides is 3. The number of benzene rings is 1. The summed E-state index contributed by atoms with van der Waals surface area (Å²) in [6.07, 6.45) is -5.26. The van der Waals surface area contributed by atoms with E-state index >= 15 is 0 Å². The molecule has 0 saturated carbocycles. The van der Waals surface area contributed by atoms with E-state index in [1.54, 1.807) is 24.3 Å². The third-order valence-corrected chi connectivity index (χ3v) is 2.15. The predicted octanol–water partition coefficient (Wildman–Crippen LogP) is 2.57. The molecule has 0 spiro atoms. The van der Waals surface area contributed by atoms with Gasteiger partial charge in [-0.25, -0.2) is 0 Å². The number of amides is 1. The Balaban J connectivity index is 2.18. The van der Waals surface area contributed by atoms with Gasteiger partial charge in [0.2, 0.25) is 5.91 Å². The second-order valence-corrected chi connectivity index (χ2v) is 3.94. The maximum Gasteiger partial charge on any atom is 0.389 e. The predicted molar refractivity (Wildman–Crippen MR) is 65.6 cm³/mol. The van der Waals surface area contributed by atoms with E-state index in [-0.39, 0.29) is 19.6 Å². The van der Waals surface area contributed by atoms with Crippen molar-refractivity contribution in [3.8, 4) is 0 Å². The minimum atomic E-state index is -4.19. The average molecular weight is 276 g/mol. The molecule has 1 aromatic carbocycles. The number of ether oxygens (including phenoxy) is 1. The fraction of sp³-hybridized carbons (Fsp3) is 0.417. The lowest BCUT2D eigenvalue weighted by Gasteiger charge is -2.08. The van der Waals surface area contributed by atoms with Crippen molar-refractivity contribution >= 4 is 17.3 Å². The molecule has 0 bridgehead atoms. The lowest BCUT2D eigenvalue weighted by Crippen LogP contribution is -2.19. The van der Waals surface area contributed by atoms with Gasteiger partial charge in [0.1, 0.15) is 6.61 Å². The second kappa shape index (κ2) is 6.98. The Morgan fingerprint density at radius 3 is 2.74 bits per heavy atom. The fourth-order valence-electron chi connectivity index (χ4n) is 1.35. The quantitative estimate of drug-likeness (QED) is 0.620. The van der Waals surface area contributed by atoms with E-state index in [9.17, 15) is 18.0 Å². The van der Waals surface area contributed by atoms with Gasteiger partial charge >= 0.3 is 6.18 Å². The molecule has 0 aliphatic carbocycles. The Morgan fingerprint density at radius 2 is 2.11 bits per heavy atom. The van der Waals surface area contributed by atoms with Gasteiger partial charge < -0.3 is 15.8 Å². The Bertz CT molecular complexity index is 422. The zero-order valence-electron chi connectivity index (χ0n) is 10.2. The topological polar surface area (TPSA) is 64.3 Å². The molecule has 0 unspecified atom stereocenters. The number of nitrogens with two attached hydrogens (primary N) is 1. The van der Waals surface area contributed by atoms with Gasteiger partial charge in [-0.1, -0.05) is 6.07 Å². The summed E-state index contributed by atoms with van der Waals surface area (Å²) in [4.78, 5) is 11.4. The lowest BCUT2D eigenvalue weighted by atomic mass is 10.3. The normalized spacial score (nSPS) is 11.3. The Morgan fingerprint density at radius 1 is 1.37 bits per heavy atom. The molecule has 4 nitrogen and oxygen atoms in total. The number of anilines is 2. The summed E-state index contributed by atoms with van der Waals surface area (Å²) in [6.45, 7) is -0.392. The SMILES string of the molecule is Nc1cccc(NC(=O)COCCCC(F)(F)F)c1. The molecular weight excluding hydrogens is 261 g/mol. The number of halogens is 3. The number of hydrogen-bond acceptors (Lipinski definition) is 3. The Kier molecular flexibility index (Phi) is 5.62. The minimum absolute atomic E-state index is 0.107. The van der Waals surface area contributed by atoms with Crippen LogP contribution in [-0.2, 0) is 9.53 Å². The van der Waals surface area contributed by atoms with Gasteiger partial charge in [0, 0.05) is 24.4 Å². The van der Waals surface area contributed by atoms with E-state index in [4.69, 9.17) is 10.5 Å². The van der Waals surface area contributed by atoms with Crippen LogP contribution in [0.4, 0.5) is 24.5 Å². The lowest BCUT2D eigenvalue weighted by molar-refractivity contribution is -0.138. The van der Waals surface area contributed by atoms with Crippen LogP contribution >= 0.6 is 0 Å². The summed E-state index contributed by atoms with van der Waals surface area (Å²) in [6, 6.07) is 6.57. The van der Waals surface area contributed by atoms with Crippen LogP contribution in [0.15, 0.2) is 24.3 Å². The molecule has 1 aromatic rings. The molecule has 1 amide bonds. The smallest absolute Gasteiger partial charge is 0.389 e. The summed E-state index contributed by atoms with van der Waals surface area (Å²) in [5.41, 5.74) is 6.55. The minimum Gasteiger partial charge on any atom is -0.399 e. The van der Waals surface area contributed by atoms with Crippen LogP contribution in [0.3, 0.4) is 0 Å². The summed E-state index contributed by atoms with van der Waals surface area (Å²) in [5.74, 6) is -0.433. The van der Waals surface area contributed by atoms with Crippen LogP contribution < -0.4 is 11.1 Å². The van der Waals surface area contributed by atoms with Crippen molar-refractivity contribution in [2.75, 3.05) is 24.3 Å². The number of hydrogen-bond donors (Lipinski definition) is 2. The first-order chi connectivity index (χ1) is 8.87. The highest BCUT2D eigenvalue weighted by Crippen LogP contribution is 2.21. The molecule has 19 heavy (non-hydrogen) atoms.